The summed E-state index contributed by atoms with van der Waals surface area (Å²) in [5.41, 5.74) is 0.235. The zero-order chi connectivity index (χ0) is 21.5. The molecule has 2 fully saturated rings. The lowest BCUT2D eigenvalue weighted by Gasteiger charge is -2.48. The van der Waals surface area contributed by atoms with Gasteiger partial charge >= 0.3 is 0 Å². The first-order valence-corrected chi connectivity index (χ1v) is 10.5. The number of halogens is 2. The van der Waals surface area contributed by atoms with Gasteiger partial charge in [-0.05, 0) is 17.2 Å². The Morgan fingerprint density at radius 1 is 1.07 bits per heavy atom. The zero-order valence-electron chi connectivity index (χ0n) is 17.3. The second-order valence-corrected chi connectivity index (χ2v) is 8.77. The van der Waals surface area contributed by atoms with Gasteiger partial charge in [0, 0.05) is 50.0 Å². The molecule has 4 rings (SSSR count). The minimum absolute atomic E-state index is 0.0393. The Labute approximate surface area is 175 Å². The fourth-order valence-corrected chi connectivity index (χ4v) is 5.26. The monoisotopic (exact) mass is 414 g/mol. The summed E-state index contributed by atoms with van der Waals surface area (Å²) in [5.74, 6) is -2.32. The van der Waals surface area contributed by atoms with Gasteiger partial charge < -0.3 is 15.3 Å². The van der Waals surface area contributed by atoms with Crippen molar-refractivity contribution in [3.63, 3.8) is 0 Å². The van der Waals surface area contributed by atoms with E-state index >= 15 is 0 Å². The molecule has 2 heterocycles. The molecule has 0 spiro atoms. The quantitative estimate of drug-likeness (QED) is 0.811. The highest BCUT2D eigenvalue weighted by Crippen LogP contribution is 2.42. The van der Waals surface area contributed by atoms with Crippen molar-refractivity contribution >= 4 is 5.91 Å². The summed E-state index contributed by atoms with van der Waals surface area (Å²) < 4.78 is 27.7. The molecule has 4 nitrogen and oxygen atoms in total. The normalized spacial score (nSPS) is 31.7. The van der Waals surface area contributed by atoms with Crippen LogP contribution in [0.1, 0.15) is 30.9 Å². The molecular weight excluding hydrogens is 386 g/mol. The molecular formula is C24H28F2N2O2. The van der Waals surface area contributed by atoms with Gasteiger partial charge in [0.2, 0.25) is 5.91 Å². The van der Waals surface area contributed by atoms with Crippen molar-refractivity contribution in [2.75, 3.05) is 26.2 Å². The molecule has 1 unspecified atom stereocenters. The van der Waals surface area contributed by atoms with Crippen molar-refractivity contribution in [1.82, 2.24) is 10.2 Å². The van der Waals surface area contributed by atoms with E-state index in [4.69, 9.17) is 0 Å². The van der Waals surface area contributed by atoms with Crippen LogP contribution in [-0.2, 0) is 10.4 Å². The van der Waals surface area contributed by atoms with Gasteiger partial charge in [-0.3, -0.25) is 4.79 Å². The molecule has 2 saturated heterocycles. The average Bonchev–Trinajstić information content (AvgIpc) is 3.21. The van der Waals surface area contributed by atoms with Gasteiger partial charge in [0.25, 0.3) is 0 Å². The van der Waals surface area contributed by atoms with E-state index in [1.807, 2.05) is 44.2 Å². The third-order valence-electron chi connectivity index (χ3n) is 6.93. The standard InChI is InChI=1S/C24H28F2N2O2/c1-15-13-28(14-16(2)24(15,30)17-6-4-3-5-7-17)23(29)21-12-27-11-20(21)19-9-8-18(25)10-22(19)26/h3-10,15-16,20-21,27,30H,11-14H2,1-2H3/t15-,16+,20-,21+,24?/m0/s1. The van der Waals surface area contributed by atoms with Gasteiger partial charge in [-0.25, -0.2) is 8.78 Å². The van der Waals surface area contributed by atoms with Crippen molar-refractivity contribution in [3.8, 4) is 0 Å². The maximum Gasteiger partial charge on any atom is 0.227 e. The molecule has 5 atom stereocenters. The predicted molar refractivity (Wildman–Crippen MR) is 111 cm³/mol. The number of hydrogen-bond donors (Lipinski definition) is 2. The minimum atomic E-state index is -1.01. The van der Waals surface area contributed by atoms with Crippen LogP contribution in [0.25, 0.3) is 0 Å². The van der Waals surface area contributed by atoms with E-state index in [1.165, 1.54) is 12.1 Å². The molecule has 0 saturated carbocycles. The fourth-order valence-electron chi connectivity index (χ4n) is 5.26. The number of likely N-dealkylation sites (tertiary alicyclic amines) is 1. The Morgan fingerprint density at radius 2 is 1.73 bits per heavy atom. The summed E-state index contributed by atoms with van der Waals surface area (Å²) in [6, 6.07) is 13.2. The predicted octanol–water partition coefficient (Wildman–Crippen LogP) is 3.27. The Bertz CT molecular complexity index is 909. The average molecular weight is 414 g/mol. The van der Waals surface area contributed by atoms with Gasteiger partial charge in [-0.1, -0.05) is 50.2 Å². The van der Waals surface area contributed by atoms with Crippen LogP contribution in [-0.4, -0.2) is 42.1 Å². The number of aliphatic hydroxyl groups is 1. The Hall–Kier alpha value is -2.31. The molecule has 0 aromatic heterocycles. The van der Waals surface area contributed by atoms with Crippen LogP contribution in [0.4, 0.5) is 8.78 Å². The molecule has 2 aromatic rings. The SMILES string of the molecule is C[C@@H]1CN(C(=O)[C@@H]2CNC[C@H]2c2ccc(F)cc2F)C[C@H](C)C1(O)c1ccccc1. The highest BCUT2D eigenvalue weighted by molar-refractivity contribution is 5.81. The number of nitrogens with zero attached hydrogens (tertiary/aromatic N) is 1. The fraction of sp³-hybridized carbons (Fsp3) is 0.458. The van der Waals surface area contributed by atoms with E-state index in [9.17, 15) is 18.7 Å². The third kappa shape index (κ3) is 3.52. The van der Waals surface area contributed by atoms with Crippen molar-refractivity contribution in [3.05, 3.63) is 71.3 Å². The van der Waals surface area contributed by atoms with Crippen LogP contribution >= 0.6 is 0 Å². The van der Waals surface area contributed by atoms with E-state index in [-0.39, 0.29) is 23.7 Å². The maximum atomic E-state index is 14.4. The number of carbonyl (C=O) groups excluding carboxylic acids is 1. The molecule has 6 heteroatoms. The Kier molecular flexibility index (Phi) is 5.64. The van der Waals surface area contributed by atoms with Crippen LogP contribution in [0.3, 0.4) is 0 Å². The highest BCUT2D eigenvalue weighted by atomic mass is 19.1. The molecule has 2 aliphatic heterocycles. The Morgan fingerprint density at radius 3 is 2.37 bits per heavy atom. The Balaban J connectivity index is 1.54. The molecule has 0 bridgehead atoms. The number of nitrogens with one attached hydrogen (secondary N) is 1. The summed E-state index contributed by atoms with van der Waals surface area (Å²) in [4.78, 5) is 15.2. The number of benzene rings is 2. The summed E-state index contributed by atoms with van der Waals surface area (Å²) in [7, 11) is 0. The van der Waals surface area contributed by atoms with Crippen LogP contribution in [0.2, 0.25) is 0 Å². The summed E-state index contributed by atoms with van der Waals surface area (Å²) in [6.07, 6.45) is 0. The number of amides is 1. The molecule has 2 aliphatic rings. The number of piperidine rings is 1. The summed E-state index contributed by atoms with van der Waals surface area (Å²) in [5, 5.41) is 14.7. The largest absolute Gasteiger partial charge is 0.384 e. The van der Waals surface area contributed by atoms with Gasteiger partial charge in [0.15, 0.2) is 0 Å². The molecule has 1 amide bonds. The first kappa shape index (κ1) is 20.9. The van der Waals surface area contributed by atoms with Crippen molar-refractivity contribution < 1.29 is 18.7 Å². The lowest BCUT2D eigenvalue weighted by Crippen LogP contribution is -2.57. The summed E-state index contributed by atoms with van der Waals surface area (Å²) in [6.45, 7) is 5.74. The maximum absolute atomic E-state index is 14.4. The number of rotatable bonds is 3. The molecule has 0 radical (unpaired) electrons. The first-order chi connectivity index (χ1) is 14.3. The van der Waals surface area contributed by atoms with Gasteiger partial charge in [-0.2, -0.15) is 0 Å². The zero-order valence-corrected chi connectivity index (χ0v) is 17.3. The lowest BCUT2D eigenvalue weighted by molar-refractivity contribution is -0.152. The van der Waals surface area contributed by atoms with E-state index in [2.05, 4.69) is 5.32 Å². The third-order valence-corrected chi connectivity index (χ3v) is 6.93. The van der Waals surface area contributed by atoms with Crippen LogP contribution < -0.4 is 5.32 Å². The highest BCUT2D eigenvalue weighted by Gasteiger charge is 2.48. The molecule has 2 aromatic carbocycles. The van der Waals surface area contributed by atoms with Crippen molar-refractivity contribution in [2.45, 2.75) is 25.4 Å². The van der Waals surface area contributed by atoms with E-state index in [0.717, 1.165) is 11.6 Å². The van der Waals surface area contributed by atoms with Crippen LogP contribution in [0, 0.1) is 29.4 Å². The summed E-state index contributed by atoms with van der Waals surface area (Å²) >= 11 is 0. The molecule has 0 aliphatic carbocycles. The molecule has 2 N–H and O–H groups in total. The van der Waals surface area contributed by atoms with Crippen LogP contribution in [0.15, 0.2) is 48.5 Å². The van der Waals surface area contributed by atoms with E-state index in [1.54, 1.807) is 4.90 Å². The topological polar surface area (TPSA) is 52.6 Å². The molecule has 160 valence electrons. The van der Waals surface area contributed by atoms with Gasteiger partial charge in [-0.15, -0.1) is 0 Å². The molecule has 30 heavy (non-hydrogen) atoms. The minimum Gasteiger partial charge on any atom is -0.384 e. The van der Waals surface area contributed by atoms with E-state index in [0.29, 0.717) is 31.7 Å². The van der Waals surface area contributed by atoms with Gasteiger partial charge in [0.1, 0.15) is 11.6 Å². The number of hydrogen-bond acceptors (Lipinski definition) is 3. The van der Waals surface area contributed by atoms with E-state index < -0.39 is 23.2 Å². The van der Waals surface area contributed by atoms with Crippen LogP contribution in [0.5, 0.6) is 0 Å². The second-order valence-electron chi connectivity index (χ2n) is 8.77. The first-order valence-electron chi connectivity index (χ1n) is 10.5. The smallest absolute Gasteiger partial charge is 0.227 e. The second kappa shape index (κ2) is 8.08. The number of carbonyl (C=O) groups is 1. The van der Waals surface area contributed by atoms with Crippen molar-refractivity contribution in [2.24, 2.45) is 17.8 Å². The lowest BCUT2D eigenvalue weighted by atomic mass is 9.70. The van der Waals surface area contributed by atoms with Gasteiger partial charge in [0.05, 0.1) is 11.5 Å². The van der Waals surface area contributed by atoms with Crippen molar-refractivity contribution in [1.29, 1.82) is 0 Å².